The van der Waals surface area contributed by atoms with Crippen LogP contribution in [0.1, 0.15) is 35.9 Å². The molecular formula is C15H19N3O2S. The molecule has 1 heterocycles. The van der Waals surface area contributed by atoms with Crippen molar-refractivity contribution in [2.75, 3.05) is 11.9 Å². The first-order valence-electron chi connectivity index (χ1n) is 6.79. The molecule has 0 atom stereocenters. The molecule has 6 heteroatoms. The van der Waals surface area contributed by atoms with Crippen molar-refractivity contribution in [3.8, 4) is 5.75 Å². The molecule has 112 valence electrons. The van der Waals surface area contributed by atoms with E-state index in [4.69, 9.17) is 4.74 Å². The molecule has 21 heavy (non-hydrogen) atoms. The van der Waals surface area contributed by atoms with Gasteiger partial charge < -0.3 is 4.74 Å². The summed E-state index contributed by atoms with van der Waals surface area (Å²) in [4.78, 5) is 11.9. The number of aromatic nitrogens is 2. The highest BCUT2D eigenvalue weighted by molar-refractivity contribution is 7.15. The lowest BCUT2D eigenvalue weighted by Crippen LogP contribution is -2.20. The van der Waals surface area contributed by atoms with Gasteiger partial charge in [-0.1, -0.05) is 37.3 Å². The van der Waals surface area contributed by atoms with E-state index in [2.05, 4.69) is 15.5 Å². The number of rotatable bonds is 5. The molecule has 0 saturated carbocycles. The van der Waals surface area contributed by atoms with Crippen molar-refractivity contribution >= 4 is 22.4 Å². The summed E-state index contributed by atoms with van der Waals surface area (Å²) in [6.45, 7) is 7.97. The van der Waals surface area contributed by atoms with E-state index in [1.807, 2.05) is 45.9 Å². The summed E-state index contributed by atoms with van der Waals surface area (Å²) < 4.78 is 5.55. The van der Waals surface area contributed by atoms with E-state index in [9.17, 15) is 4.79 Å². The third-order valence-electron chi connectivity index (χ3n) is 2.88. The van der Waals surface area contributed by atoms with E-state index in [1.54, 1.807) is 0 Å². The number of nitrogens with one attached hydrogen (secondary N) is 1. The number of ether oxygens (including phenoxy) is 1. The first-order chi connectivity index (χ1) is 9.95. The average Bonchev–Trinajstić information content (AvgIpc) is 2.88. The van der Waals surface area contributed by atoms with E-state index in [1.165, 1.54) is 11.3 Å². The van der Waals surface area contributed by atoms with Gasteiger partial charge in [0.1, 0.15) is 10.8 Å². The van der Waals surface area contributed by atoms with E-state index in [-0.39, 0.29) is 12.5 Å². The van der Waals surface area contributed by atoms with Crippen LogP contribution in [0.15, 0.2) is 18.2 Å². The molecule has 0 fully saturated rings. The first-order valence-corrected chi connectivity index (χ1v) is 7.60. The van der Waals surface area contributed by atoms with Crippen molar-refractivity contribution in [3.63, 3.8) is 0 Å². The fourth-order valence-electron chi connectivity index (χ4n) is 1.68. The fraction of sp³-hybridized carbons (Fsp3) is 0.400. The summed E-state index contributed by atoms with van der Waals surface area (Å²) in [6.07, 6.45) is 0. The van der Waals surface area contributed by atoms with E-state index >= 15 is 0 Å². The van der Waals surface area contributed by atoms with Crippen LogP contribution in [0.3, 0.4) is 0 Å². The average molecular weight is 305 g/mol. The minimum atomic E-state index is -0.234. The van der Waals surface area contributed by atoms with Gasteiger partial charge in [-0.3, -0.25) is 10.1 Å². The zero-order chi connectivity index (χ0) is 15.4. The quantitative estimate of drug-likeness (QED) is 0.920. The molecule has 0 spiro atoms. The minimum absolute atomic E-state index is 0.0408. The van der Waals surface area contributed by atoms with Crippen LogP contribution in [0.2, 0.25) is 0 Å². The zero-order valence-electron chi connectivity index (χ0n) is 12.6. The highest BCUT2D eigenvalue weighted by atomic mass is 32.1. The van der Waals surface area contributed by atoms with Gasteiger partial charge in [0.2, 0.25) is 5.13 Å². The Balaban J connectivity index is 1.91. The van der Waals surface area contributed by atoms with Gasteiger partial charge in [0, 0.05) is 5.92 Å². The first kappa shape index (κ1) is 15.4. The number of amides is 1. The van der Waals surface area contributed by atoms with E-state index < -0.39 is 0 Å². The Bertz CT molecular complexity index is 638. The molecule has 0 aliphatic rings. The molecule has 1 aromatic heterocycles. The minimum Gasteiger partial charge on any atom is -0.483 e. The monoisotopic (exact) mass is 305 g/mol. The van der Waals surface area contributed by atoms with Crippen LogP contribution in [-0.4, -0.2) is 22.7 Å². The number of hydrogen-bond acceptors (Lipinski definition) is 5. The molecule has 1 aromatic carbocycles. The van der Waals surface area contributed by atoms with Crippen molar-refractivity contribution in [2.45, 2.75) is 33.6 Å². The van der Waals surface area contributed by atoms with Gasteiger partial charge in [-0.15, -0.1) is 10.2 Å². The van der Waals surface area contributed by atoms with E-state index in [0.29, 0.717) is 11.0 Å². The van der Waals surface area contributed by atoms with Gasteiger partial charge >= 0.3 is 0 Å². The molecule has 0 saturated heterocycles. The van der Waals surface area contributed by atoms with Crippen LogP contribution >= 0.6 is 11.3 Å². The van der Waals surface area contributed by atoms with E-state index in [0.717, 1.165) is 21.9 Å². The Hall–Kier alpha value is -1.95. The summed E-state index contributed by atoms with van der Waals surface area (Å²) in [5, 5.41) is 12.1. The molecule has 0 bridgehead atoms. The molecule has 0 aliphatic carbocycles. The molecule has 5 nitrogen and oxygen atoms in total. The number of benzene rings is 1. The highest BCUT2D eigenvalue weighted by Crippen LogP contribution is 2.22. The molecule has 0 aliphatic heterocycles. The molecule has 2 aromatic rings. The topological polar surface area (TPSA) is 64.1 Å². The van der Waals surface area contributed by atoms with Gasteiger partial charge in [0.15, 0.2) is 6.61 Å². The number of anilines is 1. The lowest BCUT2D eigenvalue weighted by atomic mass is 10.1. The summed E-state index contributed by atoms with van der Waals surface area (Å²) >= 11 is 1.39. The van der Waals surface area contributed by atoms with Crippen molar-refractivity contribution in [1.29, 1.82) is 0 Å². The largest absolute Gasteiger partial charge is 0.483 e. The Morgan fingerprint density at radius 2 is 2.10 bits per heavy atom. The van der Waals surface area contributed by atoms with Crippen molar-refractivity contribution in [2.24, 2.45) is 0 Å². The second kappa shape index (κ2) is 6.67. The van der Waals surface area contributed by atoms with Crippen LogP contribution in [0, 0.1) is 13.8 Å². The Kier molecular flexibility index (Phi) is 4.90. The zero-order valence-corrected chi connectivity index (χ0v) is 13.5. The molecule has 0 radical (unpaired) electrons. The Morgan fingerprint density at radius 3 is 2.76 bits per heavy atom. The number of carbonyl (C=O) groups is 1. The van der Waals surface area contributed by atoms with Crippen LogP contribution in [0.5, 0.6) is 5.75 Å². The predicted octanol–water partition coefficient (Wildman–Crippen LogP) is 3.30. The second-order valence-electron chi connectivity index (χ2n) is 5.21. The maximum atomic E-state index is 11.9. The van der Waals surface area contributed by atoms with Crippen molar-refractivity contribution in [3.05, 3.63) is 34.3 Å². The summed E-state index contributed by atoms with van der Waals surface area (Å²) in [7, 11) is 0. The Labute approximate surface area is 128 Å². The fourth-order valence-corrected chi connectivity index (χ4v) is 2.44. The van der Waals surface area contributed by atoms with Crippen molar-refractivity contribution < 1.29 is 9.53 Å². The second-order valence-corrected chi connectivity index (χ2v) is 6.22. The third kappa shape index (κ3) is 4.26. The number of aryl methyl sites for hydroxylation is 2. The normalized spacial score (nSPS) is 10.7. The number of nitrogens with zero attached hydrogens (tertiary/aromatic N) is 2. The van der Waals surface area contributed by atoms with Gasteiger partial charge in [0.05, 0.1) is 0 Å². The lowest BCUT2D eigenvalue weighted by Gasteiger charge is -2.09. The molecule has 1 N–H and O–H groups in total. The van der Waals surface area contributed by atoms with Gasteiger partial charge in [-0.2, -0.15) is 0 Å². The van der Waals surface area contributed by atoms with Crippen LogP contribution < -0.4 is 10.1 Å². The van der Waals surface area contributed by atoms with Gasteiger partial charge in [-0.05, 0) is 31.0 Å². The maximum absolute atomic E-state index is 11.9. The SMILES string of the molecule is Cc1ccc(C)c(OCC(=O)Nc2nnc(C(C)C)s2)c1. The molecule has 1 amide bonds. The Morgan fingerprint density at radius 1 is 1.33 bits per heavy atom. The van der Waals surface area contributed by atoms with Crippen LogP contribution in [0.25, 0.3) is 0 Å². The number of carbonyl (C=O) groups excluding carboxylic acids is 1. The van der Waals surface area contributed by atoms with Crippen LogP contribution in [0.4, 0.5) is 5.13 Å². The summed E-state index contributed by atoms with van der Waals surface area (Å²) in [6, 6.07) is 5.91. The molecule has 2 rings (SSSR count). The standard InChI is InChI=1S/C15H19N3O2S/c1-9(2)14-17-18-15(21-14)16-13(19)8-20-12-7-10(3)5-6-11(12)4/h5-7,9H,8H2,1-4H3,(H,16,18,19). The molecule has 0 unspecified atom stereocenters. The highest BCUT2D eigenvalue weighted by Gasteiger charge is 2.11. The number of hydrogen-bond donors (Lipinski definition) is 1. The summed E-state index contributed by atoms with van der Waals surface area (Å²) in [5.41, 5.74) is 2.10. The summed E-state index contributed by atoms with van der Waals surface area (Å²) in [5.74, 6) is 0.798. The van der Waals surface area contributed by atoms with Crippen molar-refractivity contribution in [1.82, 2.24) is 10.2 Å². The van der Waals surface area contributed by atoms with Gasteiger partial charge in [-0.25, -0.2) is 0 Å². The van der Waals surface area contributed by atoms with Crippen LogP contribution in [-0.2, 0) is 4.79 Å². The molecular weight excluding hydrogens is 286 g/mol. The maximum Gasteiger partial charge on any atom is 0.264 e. The lowest BCUT2D eigenvalue weighted by molar-refractivity contribution is -0.118. The smallest absolute Gasteiger partial charge is 0.264 e. The van der Waals surface area contributed by atoms with Gasteiger partial charge in [0.25, 0.3) is 5.91 Å². The third-order valence-corrected chi connectivity index (χ3v) is 4.02. The predicted molar refractivity (Wildman–Crippen MR) is 84.0 cm³/mol.